The number of benzene rings is 1. The summed E-state index contributed by atoms with van der Waals surface area (Å²) < 4.78 is 11.8. The van der Waals surface area contributed by atoms with Gasteiger partial charge in [0.1, 0.15) is 23.2 Å². The highest BCUT2D eigenvalue weighted by Crippen LogP contribution is 2.36. The minimum absolute atomic E-state index is 0.00145. The molecular weight excluding hydrogens is 438 g/mol. The number of amidine groups is 1. The van der Waals surface area contributed by atoms with E-state index < -0.39 is 5.60 Å². The number of amides is 1. The van der Waals surface area contributed by atoms with Crippen LogP contribution in [0, 0.1) is 0 Å². The first-order valence-corrected chi connectivity index (χ1v) is 10.7. The van der Waals surface area contributed by atoms with E-state index in [9.17, 15) is 9.59 Å². The van der Waals surface area contributed by atoms with Gasteiger partial charge < -0.3 is 14.8 Å². The monoisotopic (exact) mass is 465 g/mol. The van der Waals surface area contributed by atoms with Gasteiger partial charge in [-0.05, 0) is 52.7 Å². The van der Waals surface area contributed by atoms with E-state index in [4.69, 9.17) is 14.5 Å². The average molecular weight is 466 g/mol. The zero-order chi connectivity index (χ0) is 21.3. The van der Waals surface area contributed by atoms with Crippen LogP contribution in [0.1, 0.15) is 59.1 Å². The van der Waals surface area contributed by atoms with Gasteiger partial charge in [0, 0.05) is 23.5 Å². The van der Waals surface area contributed by atoms with Crippen LogP contribution in [-0.4, -0.2) is 47.0 Å². The maximum absolute atomic E-state index is 12.6. The van der Waals surface area contributed by atoms with Gasteiger partial charge in [0.25, 0.3) is 0 Å². The molecule has 0 aromatic heterocycles. The van der Waals surface area contributed by atoms with Crippen molar-refractivity contribution < 1.29 is 19.1 Å². The zero-order valence-electron chi connectivity index (χ0n) is 17.5. The smallest absolute Gasteiger partial charge is 0.410 e. The number of nitrogens with one attached hydrogen (secondary N) is 1. The lowest BCUT2D eigenvalue weighted by molar-refractivity contribution is -0.131. The molecule has 158 valence electrons. The molecule has 2 aliphatic heterocycles. The van der Waals surface area contributed by atoms with Crippen molar-refractivity contribution in [1.82, 2.24) is 10.2 Å². The third-order valence-electron chi connectivity index (χ3n) is 4.87. The molecule has 1 fully saturated rings. The van der Waals surface area contributed by atoms with Gasteiger partial charge in [0.15, 0.2) is 0 Å². The van der Waals surface area contributed by atoms with Crippen LogP contribution in [0.15, 0.2) is 27.7 Å². The highest BCUT2D eigenvalue weighted by Gasteiger charge is 2.39. The SMILES string of the molecule is CC(=O)Oc1cc(Br)ccc1C1N=C(C2CCCN2C(=O)OC(C)(C)C)NC1C. The topological polar surface area (TPSA) is 80.2 Å². The number of hydrogen-bond donors (Lipinski definition) is 1. The first-order chi connectivity index (χ1) is 13.5. The lowest BCUT2D eigenvalue weighted by Gasteiger charge is -2.28. The summed E-state index contributed by atoms with van der Waals surface area (Å²) in [6.45, 7) is 9.66. The largest absolute Gasteiger partial charge is 0.444 e. The molecule has 3 atom stereocenters. The molecule has 29 heavy (non-hydrogen) atoms. The van der Waals surface area contributed by atoms with Gasteiger partial charge in [0.05, 0.1) is 12.1 Å². The van der Waals surface area contributed by atoms with Crippen LogP contribution < -0.4 is 10.1 Å². The van der Waals surface area contributed by atoms with E-state index in [1.165, 1.54) is 6.92 Å². The number of carbonyl (C=O) groups excluding carboxylic acids is 2. The van der Waals surface area contributed by atoms with Crippen molar-refractivity contribution >= 4 is 33.8 Å². The van der Waals surface area contributed by atoms with Gasteiger partial charge in [0.2, 0.25) is 0 Å². The summed E-state index contributed by atoms with van der Waals surface area (Å²) >= 11 is 3.42. The first-order valence-electron chi connectivity index (χ1n) is 9.87. The van der Waals surface area contributed by atoms with Crippen molar-refractivity contribution in [3.8, 4) is 5.75 Å². The summed E-state index contributed by atoms with van der Waals surface area (Å²) in [5.41, 5.74) is 0.293. The molecule has 0 spiro atoms. The Kier molecular flexibility index (Phi) is 6.22. The minimum atomic E-state index is -0.540. The van der Waals surface area contributed by atoms with Crippen LogP contribution in [0.3, 0.4) is 0 Å². The molecule has 1 saturated heterocycles. The molecule has 1 amide bonds. The van der Waals surface area contributed by atoms with E-state index in [1.54, 1.807) is 11.0 Å². The Balaban J connectivity index is 1.86. The summed E-state index contributed by atoms with van der Waals surface area (Å²) in [4.78, 5) is 30.8. The average Bonchev–Trinajstić information content (AvgIpc) is 3.19. The van der Waals surface area contributed by atoms with Crippen molar-refractivity contribution in [3.63, 3.8) is 0 Å². The molecule has 2 heterocycles. The molecule has 3 unspecified atom stereocenters. The van der Waals surface area contributed by atoms with Crippen LogP contribution >= 0.6 is 15.9 Å². The van der Waals surface area contributed by atoms with E-state index in [0.717, 1.165) is 28.7 Å². The Morgan fingerprint density at radius 3 is 2.69 bits per heavy atom. The second kappa shape index (κ2) is 8.34. The van der Waals surface area contributed by atoms with Crippen molar-refractivity contribution in [2.75, 3.05) is 6.54 Å². The molecule has 0 radical (unpaired) electrons. The number of nitrogens with zero attached hydrogens (tertiary/aromatic N) is 2. The van der Waals surface area contributed by atoms with E-state index in [0.29, 0.717) is 12.3 Å². The number of rotatable bonds is 3. The van der Waals surface area contributed by atoms with Gasteiger partial charge in [-0.15, -0.1) is 0 Å². The maximum atomic E-state index is 12.6. The van der Waals surface area contributed by atoms with Crippen LogP contribution in [-0.2, 0) is 9.53 Å². The quantitative estimate of drug-likeness (QED) is 0.534. The number of halogens is 1. The minimum Gasteiger partial charge on any atom is -0.444 e. The molecule has 0 saturated carbocycles. The number of hydrogen-bond acceptors (Lipinski definition) is 6. The summed E-state index contributed by atoms with van der Waals surface area (Å²) in [5.74, 6) is 0.896. The van der Waals surface area contributed by atoms with Crippen molar-refractivity contribution in [1.29, 1.82) is 0 Å². The Morgan fingerprint density at radius 2 is 2.03 bits per heavy atom. The van der Waals surface area contributed by atoms with Crippen molar-refractivity contribution in [2.45, 2.75) is 71.2 Å². The van der Waals surface area contributed by atoms with Crippen LogP contribution in [0.2, 0.25) is 0 Å². The second-order valence-electron chi connectivity index (χ2n) is 8.50. The van der Waals surface area contributed by atoms with Crippen LogP contribution in [0.4, 0.5) is 4.79 Å². The van der Waals surface area contributed by atoms with Crippen LogP contribution in [0.5, 0.6) is 5.75 Å². The number of carbonyl (C=O) groups is 2. The standard InChI is InChI=1S/C21H28BrN3O4/c1-12-18(15-9-8-14(22)11-17(15)28-13(2)26)24-19(23-12)16-7-6-10-25(16)20(27)29-21(3,4)5/h8-9,11-12,16,18H,6-7,10H2,1-5H3,(H,23,24). The molecule has 3 rings (SSSR count). The predicted molar refractivity (Wildman–Crippen MR) is 114 cm³/mol. The molecular formula is C21H28BrN3O4. The zero-order valence-corrected chi connectivity index (χ0v) is 19.1. The molecule has 1 N–H and O–H groups in total. The van der Waals surface area contributed by atoms with Gasteiger partial charge >= 0.3 is 12.1 Å². The summed E-state index contributed by atoms with van der Waals surface area (Å²) in [7, 11) is 0. The highest BCUT2D eigenvalue weighted by molar-refractivity contribution is 9.10. The second-order valence-corrected chi connectivity index (χ2v) is 9.42. The molecule has 8 heteroatoms. The molecule has 7 nitrogen and oxygen atoms in total. The van der Waals surface area contributed by atoms with E-state index in [2.05, 4.69) is 21.2 Å². The van der Waals surface area contributed by atoms with Gasteiger partial charge in [-0.25, -0.2) is 4.79 Å². The van der Waals surface area contributed by atoms with Gasteiger partial charge in [-0.1, -0.05) is 22.0 Å². The van der Waals surface area contributed by atoms with Gasteiger partial charge in [-0.2, -0.15) is 0 Å². The summed E-state index contributed by atoms with van der Waals surface area (Å²) in [5, 5.41) is 3.44. The number of aliphatic imine (C=N–C) groups is 1. The molecule has 1 aromatic rings. The van der Waals surface area contributed by atoms with Crippen molar-refractivity contribution in [3.05, 3.63) is 28.2 Å². The maximum Gasteiger partial charge on any atom is 0.410 e. The fourth-order valence-electron chi connectivity index (χ4n) is 3.72. The van der Waals surface area contributed by atoms with E-state index >= 15 is 0 Å². The number of likely N-dealkylation sites (tertiary alicyclic amines) is 1. The number of esters is 1. The summed E-state index contributed by atoms with van der Waals surface area (Å²) in [6.07, 6.45) is 1.42. The number of ether oxygens (including phenoxy) is 2. The Hall–Kier alpha value is -2.09. The van der Waals surface area contributed by atoms with Crippen molar-refractivity contribution in [2.24, 2.45) is 4.99 Å². The predicted octanol–water partition coefficient (Wildman–Crippen LogP) is 4.21. The Bertz CT molecular complexity index is 834. The summed E-state index contributed by atoms with van der Waals surface area (Å²) in [6, 6.07) is 5.25. The molecule has 1 aromatic carbocycles. The first kappa shape index (κ1) is 21.6. The fraction of sp³-hybridized carbons (Fsp3) is 0.571. The van der Waals surface area contributed by atoms with Gasteiger partial charge in [-0.3, -0.25) is 14.7 Å². The van der Waals surface area contributed by atoms with Crippen LogP contribution in [0.25, 0.3) is 0 Å². The third kappa shape index (κ3) is 5.10. The lowest BCUT2D eigenvalue weighted by Crippen LogP contribution is -2.47. The molecule has 2 aliphatic rings. The Labute approximate surface area is 180 Å². The molecule has 0 aliphatic carbocycles. The normalized spacial score (nSPS) is 24.1. The Morgan fingerprint density at radius 1 is 1.31 bits per heavy atom. The highest BCUT2D eigenvalue weighted by atomic mass is 79.9. The van der Waals surface area contributed by atoms with E-state index in [1.807, 2.05) is 39.8 Å². The fourth-order valence-corrected chi connectivity index (χ4v) is 4.06. The lowest BCUT2D eigenvalue weighted by atomic mass is 10.0. The van der Waals surface area contributed by atoms with E-state index in [-0.39, 0.29) is 30.2 Å². The third-order valence-corrected chi connectivity index (χ3v) is 5.36. The molecule has 0 bridgehead atoms.